The van der Waals surface area contributed by atoms with Crippen LogP contribution in [0, 0.1) is 5.92 Å². The molecule has 0 amide bonds. The van der Waals surface area contributed by atoms with Crippen LogP contribution >= 0.6 is 0 Å². The van der Waals surface area contributed by atoms with Gasteiger partial charge in [-0.1, -0.05) is 19.9 Å². The average molecular weight is 148 g/mol. The number of rotatable bonds is 3. The van der Waals surface area contributed by atoms with Gasteiger partial charge in [0.15, 0.2) is 0 Å². The average Bonchev–Trinajstić information content (AvgIpc) is 2.03. The zero-order valence-electron chi connectivity index (χ0n) is 7.17. The van der Waals surface area contributed by atoms with Gasteiger partial charge in [-0.25, -0.2) is 0 Å². The smallest absolute Gasteiger partial charge is 0.0299 e. The number of hydrogen-bond donors (Lipinski definition) is 0. The summed E-state index contributed by atoms with van der Waals surface area (Å²) in [4.78, 5) is 4.05. The van der Waals surface area contributed by atoms with E-state index in [0.29, 0.717) is 0 Å². The predicted octanol–water partition coefficient (Wildman–Crippen LogP) is 2.63. The van der Waals surface area contributed by atoms with Gasteiger partial charge in [-0.2, -0.15) is 0 Å². The molecule has 0 spiro atoms. The maximum absolute atomic E-state index is 4.05. The van der Waals surface area contributed by atoms with Gasteiger partial charge < -0.3 is 0 Å². The minimum Gasteiger partial charge on any atom is -0.264 e. The van der Waals surface area contributed by atoms with E-state index < -0.39 is 0 Å². The van der Waals surface area contributed by atoms with Crippen LogP contribution in [0.1, 0.15) is 25.8 Å². The molecule has 0 aliphatic heterocycles. The molecule has 0 aromatic carbocycles. The Labute approximate surface area is 68.5 Å². The zero-order chi connectivity index (χ0) is 8.10. The van der Waals surface area contributed by atoms with E-state index in [1.807, 2.05) is 18.5 Å². The van der Waals surface area contributed by atoms with Crippen molar-refractivity contribution >= 4 is 0 Å². The van der Waals surface area contributed by atoms with Gasteiger partial charge in [0, 0.05) is 12.4 Å². The summed E-state index contributed by atoms with van der Waals surface area (Å²) in [6.45, 7) is 4.33. The predicted molar refractivity (Wildman–Crippen MR) is 47.1 cm³/mol. The van der Waals surface area contributed by atoms with Crippen LogP contribution in [0.5, 0.6) is 0 Å². The first-order chi connectivity index (χ1) is 5.29. The molecule has 1 rings (SSSR count). The number of aromatic nitrogens is 1. The number of pyridine rings is 1. The molecule has 0 saturated carbocycles. The van der Waals surface area contributed by atoms with E-state index in [2.05, 4.69) is 24.9 Å². The van der Waals surface area contributed by atoms with Gasteiger partial charge >= 0.3 is 0 Å². The number of hydrogen-bond acceptors (Lipinski definition) is 1. The van der Waals surface area contributed by atoms with Crippen molar-refractivity contribution in [3.05, 3.63) is 36.0 Å². The first kappa shape index (κ1) is 8.25. The Morgan fingerprint density at radius 3 is 2.82 bits per heavy atom. The maximum atomic E-state index is 4.05. The van der Waals surface area contributed by atoms with Crippen molar-refractivity contribution in [1.29, 1.82) is 0 Å². The van der Waals surface area contributed by atoms with Crippen molar-refractivity contribution in [2.24, 2.45) is 0 Å². The standard InChI is InChI=1S/C10H14N/c1-9(2)5-6-10-4-3-7-11-8-10/h3-4,7-8H,5-6H2,1-2H3. The van der Waals surface area contributed by atoms with Crippen LogP contribution in [0.15, 0.2) is 24.5 Å². The summed E-state index contributed by atoms with van der Waals surface area (Å²) in [6.07, 6.45) is 6.04. The zero-order valence-corrected chi connectivity index (χ0v) is 7.17. The fourth-order valence-corrected chi connectivity index (χ4v) is 0.940. The van der Waals surface area contributed by atoms with E-state index in [9.17, 15) is 0 Å². The molecular weight excluding hydrogens is 134 g/mol. The van der Waals surface area contributed by atoms with Gasteiger partial charge in [-0.05, 0) is 30.4 Å². The van der Waals surface area contributed by atoms with Crippen LogP contribution in [0.4, 0.5) is 0 Å². The second-order valence-corrected chi connectivity index (χ2v) is 3.07. The third-order valence-corrected chi connectivity index (χ3v) is 1.64. The Morgan fingerprint density at radius 2 is 2.27 bits per heavy atom. The fourth-order valence-electron chi connectivity index (χ4n) is 0.940. The minimum absolute atomic E-state index is 1.12. The normalized spacial score (nSPS) is 10.5. The highest BCUT2D eigenvalue weighted by Crippen LogP contribution is 2.08. The lowest BCUT2D eigenvalue weighted by Crippen LogP contribution is -1.90. The van der Waals surface area contributed by atoms with E-state index in [4.69, 9.17) is 0 Å². The molecule has 0 fully saturated rings. The highest BCUT2D eigenvalue weighted by molar-refractivity contribution is 5.09. The minimum atomic E-state index is 1.12. The molecule has 1 aromatic heterocycles. The highest BCUT2D eigenvalue weighted by atomic mass is 14.6. The second-order valence-electron chi connectivity index (χ2n) is 3.07. The number of aryl methyl sites for hydroxylation is 1. The molecule has 0 bridgehead atoms. The van der Waals surface area contributed by atoms with Crippen molar-refractivity contribution in [2.45, 2.75) is 26.7 Å². The third kappa shape index (κ3) is 3.17. The van der Waals surface area contributed by atoms with E-state index >= 15 is 0 Å². The Bertz CT molecular complexity index is 191. The van der Waals surface area contributed by atoms with Crippen LogP contribution in [-0.2, 0) is 6.42 Å². The molecule has 1 heterocycles. The summed E-state index contributed by atoms with van der Waals surface area (Å²) in [5, 5.41) is 0. The van der Waals surface area contributed by atoms with Crippen LogP contribution < -0.4 is 0 Å². The molecule has 0 unspecified atom stereocenters. The Balaban J connectivity index is 2.39. The fraction of sp³-hybridized carbons (Fsp3) is 0.400. The monoisotopic (exact) mass is 148 g/mol. The van der Waals surface area contributed by atoms with Gasteiger partial charge in [-0.15, -0.1) is 0 Å². The molecule has 0 aliphatic rings. The molecule has 0 saturated heterocycles. The maximum Gasteiger partial charge on any atom is 0.0299 e. The number of nitrogens with zero attached hydrogens (tertiary/aromatic N) is 1. The molecule has 1 nitrogen and oxygen atoms in total. The molecule has 1 radical (unpaired) electrons. The first-order valence-corrected chi connectivity index (χ1v) is 3.97. The van der Waals surface area contributed by atoms with E-state index in [1.54, 1.807) is 0 Å². The molecule has 11 heavy (non-hydrogen) atoms. The Kier molecular flexibility index (Phi) is 3.09. The summed E-state index contributed by atoms with van der Waals surface area (Å²) in [5.74, 6) is 1.48. The largest absolute Gasteiger partial charge is 0.264 e. The molecule has 59 valence electrons. The van der Waals surface area contributed by atoms with Crippen molar-refractivity contribution in [3.8, 4) is 0 Å². The van der Waals surface area contributed by atoms with E-state index in [1.165, 1.54) is 17.9 Å². The lowest BCUT2D eigenvalue weighted by molar-refractivity contribution is 0.827. The summed E-state index contributed by atoms with van der Waals surface area (Å²) >= 11 is 0. The second kappa shape index (κ2) is 4.12. The van der Waals surface area contributed by atoms with Crippen molar-refractivity contribution in [1.82, 2.24) is 4.98 Å². The Morgan fingerprint density at radius 1 is 1.45 bits per heavy atom. The van der Waals surface area contributed by atoms with E-state index in [0.717, 1.165) is 6.42 Å². The molecule has 0 aliphatic carbocycles. The molecular formula is C10H14N. The van der Waals surface area contributed by atoms with Gasteiger partial charge in [-0.3, -0.25) is 4.98 Å². The van der Waals surface area contributed by atoms with Crippen molar-refractivity contribution < 1.29 is 0 Å². The highest BCUT2D eigenvalue weighted by Gasteiger charge is 1.95. The quantitative estimate of drug-likeness (QED) is 0.642. The molecule has 0 N–H and O–H groups in total. The van der Waals surface area contributed by atoms with Crippen LogP contribution in [0.25, 0.3) is 0 Å². The SMILES string of the molecule is C[C](C)CCc1cccnc1. The molecule has 1 heteroatoms. The molecule has 1 aromatic rings. The van der Waals surface area contributed by atoms with Gasteiger partial charge in [0.05, 0.1) is 0 Å². The Hall–Kier alpha value is -0.850. The summed E-state index contributed by atoms with van der Waals surface area (Å²) in [7, 11) is 0. The topological polar surface area (TPSA) is 12.9 Å². The lowest BCUT2D eigenvalue weighted by Gasteiger charge is -2.02. The van der Waals surface area contributed by atoms with Crippen LogP contribution in [0.3, 0.4) is 0 Å². The van der Waals surface area contributed by atoms with E-state index in [-0.39, 0.29) is 0 Å². The summed E-state index contributed by atoms with van der Waals surface area (Å²) in [5.41, 5.74) is 1.33. The van der Waals surface area contributed by atoms with Crippen LogP contribution in [0.2, 0.25) is 0 Å². The van der Waals surface area contributed by atoms with Crippen LogP contribution in [-0.4, -0.2) is 4.98 Å². The van der Waals surface area contributed by atoms with Gasteiger partial charge in [0.2, 0.25) is 0 Å². The van der Waals surface area contributed by atoms with Gasteiger partial charge in [0.1, 0.15) is 0 Å². The summed E-state index contributed by atoms with van der Waals surface area (Å²) < 4.78 is 0. The van der Waals surface area contributed by atoms with Crippen molar-refractivity contribution in [2.75, 3.05) is 0 Å². The molecule has 0 atom stereocenters. The summed E-state index contributed by atoms with van der Waals surface area (Å²) in [6, 6.07) is 4.11. The third-order valence-electron chi connectivity index (χ3n) is 1.64. The van der Waals surface area contributed by atoms with Crippen molar-refractivity contribution in [3.63, 3.8) is 0 Å². The lowest BCUT2D eigenvalue weighted by atomic mass is 10.0. The first-order valence-electron chi connectivity index (χ1n) is 3.97. The van der Waals surface area contributed by atoms with Gasteiger partial charge in [0.25, 0.3) is 0 Å².